The summed E-state index contributed by atoms with van der Waals surface area (Å²) in [7, 11) is -3.58. The molecule has 1 aromatic carbocycles. The van der Waals surface area contributed by atoms with Crippen LogP contribution in [0.2, 0.25) is 0 Å². The van der Waals surface area contributed by atoms with Gasteiger partial charge in [-0.15, -0.1) is 0 Å². The lowest BCUT2D eigenvalue weighted by atomic mass is 10.3. The quantitative estimate of drug-likeness (QED) is 0.761. The highest BCUT2D eigenvalue weighted by Crippen LogP contribution is 2.20. The van der Waals surface area contributed by atoms with Gasteiger partial charge in [-0.1, -0.05) is 6.07 Å². The standard InChI is InChI=1S/C10H12F2O4S/c1-7(6-15-17(2,13)14)16-9-5-3-4-8(11)10(9)12/h3-5,7H,6H2,1-2H3. The zero-order chi connectivity index (χ0) is 13.1. The average molecular weight is 266 g/mol. The van der Waals surface area contributed by atoms with Gasteiger partial charge >= 0.3 is 0 Å². The van der Waals surface area contributed by atoms with Gasteiger partial charge in [0.25, 0.3) is 10.1 Å². The third-order valence-corrected chi connectivity index (χ3v) is 2.33. The van der Waals surface area contributed by atoms with E-state index in [0.29, 0.717) is 0 Å². The second kappa shape index (κ2) is 5.42. The van der Waals surface area contributed by atoms with Crippen molar-refractivity contribution in [2.45, 2.75) is 13.0 Å². The minimum absolute atomic E-state index is 0.269. The van der Waals surface area contributed by atoms with Crippen LogP contribution in [-0.2, 0) is 14.3 Å². The molecular formula is C10H12F2O4S. The van der Waals surface area contributed by atoms with E-state index in [2.05, 4.69) is 4.18 Å². The van der Waals surface area contributed by atoms with Gasteiger partial charge in [-0.3, -0.25) is 4.18 Å². The van der Waals surface area contributed by atoms with E-state index in [4.69, 9.17) is 4.74 Å². The molecule has 17 heavy (non-hydrogen) atoms. The highest BCUT2D eigenvalue weighted by molar-refractivity contribution is 7.85. The first-order valence-electron chi connectivity index (χ1n) is 4.74. The van der Waals surface area contributed by atoms with E-state index < -0.39 is 27.9 Å². The molecule has 0 amide bonds. The van der Waals surface area contributed by atoms with Crippen molar-refractivity contribution >= 4 is 10.1 Å². The Hall–Kier alpha value is -1.21. The molecule has 1 atom stereocenters. The number of rotatable bonds is 5. The van der Waals surface area contributed by atoms with Gasteiger partial charge in [-0.2, -0.15) is 12.8 Å². The maximum absolute atomic E-state index is 13.2. The van der Waals surface area contributed by atoms with Crippen LogP contribution in [0.3, 0.4) is 0 Å². The van der Waals surface area contributed by atoms with Crippen LogP contribution < -0.4 is 4.74 Å². The van der Waals surface area contributed by atoms with Crippen molar-refractivity contribution in [3.05, 3.63) is 29.8 Å². The zero-order valence-corrected chi connectivity index (χ0v) is 10.1. The first-order chi connectivity index (χ1) is 7.79. The van der Waals surface area contributed by atoms with Crippen molar-refractivity contribution in [3.63, 3.8) is 0 Å². The van der Waals surface area contributed by atoms with Crippen LogP contribution in [0.15, 0.2) is 18.2 Å². The molecular weight excluding hydrogens is 254 g/mol. The molecule has 0 bridgehead atoms. The van der Waals surface area contributed by atoms with Gasteiger partial charge in [-0.25, -0.2) is 4.39 Å². The van der Waals surface area contributed by atoms with E-state index >= 15 is 0 Å². The Morgan fingerprint density at radius 3 is 2.59 bits per heavy atom. The summed E-state index contributed by atoms with van der Waals surface area (Å²) in [6.45, 7) is 1.21. The molecule has 96 valence electrons. The number of halogens is 2. The Bertz CT molecular complexity index is 487. The lowest BCUT2D eigenvalue weighted by molar-refractivity contribution is 0.141. The molecule has 1 rings (SSSR count). The first kappa shape index (κ1) is 13.9. The molecule has 0 aliphatic heterocycles. The molecule has 1 unspecified atom stereocenters. The molecule has 0 fully saturated rings. The molecule has 1 aromatic rings. The second-order valence-electron chi connectivity index (χ2n) is 3.47. The zero-order valence-electron chi connectivity index (χ0n) is 9.31. The minimum atomic E-state index is -3.58. The van der Waals surface area contributed by atoms with E-state index in [1.54, 1.807) is 0 Å². The summed E-state index contributed by atoms with van der Waals surface area (Å²) in [6.07, 6.45) is 0.170. The average Bonchev–Trinajstić information content (AvgIpc) is 2.21. The van der Waals surface area contributed by atoms with Crippen LogP contribution in [0.5, 0.6) is 5.75 Å². The predicted molar refractivity (Wildman–Crippen MR) is 57.2 cm³/mol. The summed E-state index contributed by atoms with van der Waals surface area (Å²) in [5.74, 6) is -2.42. The van der Waals surface area contributed by atoms with E-state index in [-0.39, 0.29) is 12.4 Å². The molecule has 0 spiro atoms. The fraction of sp³-hybridized carbons (Fsp3) is 0.400. The fourth-order valence-electron chi connectivity index (χ4n) is 1.05. The maximum Gasteiger partial charge on any atom is 0.264 e. The van der Waals surface area contributed by atoms with Crippen molar-refractivity contribution in [1.82, 2.24) is 0 Å². The van der Waals surface area contributed by atoms with Crippen molar-refractivity contribution in [2.75, 3.05) is 12.9 Å². The predicted octanol–water partition coefficient (Wildman–Crippen LogP) is 1.71. The largest absolute Gasteiger partial charge is 0.485 e. The van der Waals surface area contributed by atoms with Crippen LogP contribution in [0.4, 0.5) is 8.78 Å². The monoisotopic (exact) mass is 266 g/mol. The van der Waals surface area contributed by atoms with Crippen molar-refractivity contribution in [2.24, 2.45) is 0 Å². The van der Waals surface area contributed by atoms with Gasteiger partial charge in [-0.05, 0) is 19.1 Å². The van der Waals surface area contributed by atoms with Crippen molar-refractivity contribution < 1.29 is 26.1 Å². The Labute approximate surface area is 98.3 Å². The highest BCUT2D eigenvalue weighted by atomic mass is 32.2. The summed E-state index contributed by atoms with van der Waals surface area (Å²) in [5.41, 5.74) is 0. The molecule has 7 heteroatoms. The molecule has 4 nitrogen and oxygen atoms in total. The minimum Gasteiger partial charge on any atom is -0.485 e. The molecule has 0 N–H and O–H groups in total. The Morgan fingerprint density at radius 1 is 1.35 bits per heavy atom. The van der Waals surface area contributed by atoms with E-state index in [9.17, 15) is 17.2 Å². The molecule has 0 radical (unpaired) electrons. The fourth-order valence-corrected chi connectivity index (χ4v) is 1.48. The van der Waals surface area contributed by atoms with Gasteiger partial charge in [0.15, 0.2) is 11.6 Å². The first-order valence-corrected chi connectivity index (χ1v) is 6.56. The summed E-state index contributed by atoms with van der Waals surface area (Å²) >= 11 is 0. The lowest BCUT2D eigenvalue weighted by Gasteiger charge is -2.14. The van der Waals surface area contributed by atoms with Gasteiger partial charge in [0.05, 0.1) is 6.26 Å². The number of hydrogen-bond acceptors (Lipinski definition) is 4. The Morgan fingerprint density at radius 2 is 2.00 bits per heavy atom. The summed E-state index contributed by atoms with van der Waals surface area (Å²) < 4.78 is 56.9. The van der Waals surface area contributed by atoms with Crippen LogP contribution >= 0.6 is 0 Å². The number of hydrogen-bond donors (Lipinski definition) is 0. The summed E-state index contributed by atoms with van der Waals surface area (Å²) in [4.78, 5) is 0. The van der Waals surface area contributed by atoms with Crippen molar-refractivity contribution in [1.29, 1.82) is 0 Å². The Balaban J connectivity index is 2.62. The summed E-state index contributed by atoms with van der Waals surface area (Å²) in [6, 6.07) is 3.49. The third kappa shape index (κ3) is 4.66. The van der Waals surface area contributed by atoms with Gasteiger partial charge < -0.3 is 4.74 Å². The molecule has 0 aromatic heterocycles. The molecule has 0 saturated heterocycles. The maximum atomic E-state index is 13.2. The van der Waals surface area contributed by atoms with E-state index in [0.717, 1.165) is 12.3 Å². The molecule has 0 heterocycles. The van der Waals surface area contributed by atoms with Crippen LogP contribution in [0, 0.1) is 11.6 Å². The van der Waals surface area contributed by atoms with Gasteiger partial charge in [0.1, 0.15) is 12.7 Å². The van der Waals surface area contributed by atoms with Crippen molar-refractivity contribution in [3.8, 4) is 5.75 Å². The van der Waals surface area contributed by atoms with Crippen LogP contribution in [0.1, 0.15) is 6.92 Å². The number of ether oxygens (including phenoxy) is 1. The van der Waals surface area contributed by atoms with Gasteiger partial charge in [0.2, 0.25) is 5.82 Å². The van der Waals surface area contributed by atoms with E-state index in [1.807, 2.05) is 0 Å². The normalized spacial score (nSPS) is 13.4. The Kier molecular flexibility index (Phi) is 4.41. The SMILES string of the molecule is CC(COS(C)(=O)=O)Oc1cccc(F)c1F. The van der Waals surface area contributed by atoms with E-state index in [1.165, 1.54) is 19.1 Å². The summed E-state index contributed by atoms with van der Waals surface area (Å²) in [5, 5.41) is 0. The number of benzene rings is 1. The lowest BCUT2D eigenvalue weighted by Crippen LogP contribution is -2.21. The van der Waals surface area contributed by atoms with Crippen LogP contribution in [-0.4, -0.2) is 27.4 Å². The topological polar surface area (TPSA) is 52.6 Å². The van der Waals surface area contributed by atoms with Crippen LogP contribution in [0.25, 0.3) is 0 Å². The highest BCUT2D eigenvalue weighted by Gasteiger charge is 2.13. The smallest absolute Gasteiger partial charge is 0.264 e. The van der Waals surface area contributed by atoms with Gasteiger partial charge in [0, 0.05) is 0 Å². The molecule has 0 aliphatic carbocycles. The molecule has 0 aliphatic rings. The third-order valence-electron chi connectivity index (χ3n) is 1.76. The second-order valence-corrected chi connectivity index (χ2v) is 5.11. The molecule has 0 saturated carbocycles.